The molecule has 1 spiro atoms. The average molecular weight is 571 g/mol. The van der Waals surface area contributed by atoms with Crippen LogP contribution in [0.1, 0.15) is 48.8 Å². The van der Waals surface area contributed by atoms with Crippen LogP contribution >= 0.6 is 0 Å². The normalized spacial score (nSPS) is 32.0. The molecular weight excluding hydrogens is 537 g/mol. The Morgan fingerprint density at radius 2 is 2.07 bits per heavy atom. The van der Waals surface area contributed by atoms with Gasteiger partial charge in [0.05, 0.1) is 11.0 Å². The van der Waals surface area contributed by atoms with Crippen LogP contribution in [-0.4, -0.2) is 76.2 Å². The van der Waals surface area contributed by atoms with Gasteiger partial charge in [-0.25, -0.2) is 0 Å². The van der Waals surface area contributed by atoms with E-state index in [-0.39, 0.29) is 29.5 Å². The van der Waals surface area contributed by atoms with Crippen LogP contribution in [0.4, 0.5) is 13.2 Å². The summed E-state index contributed by atoms with van der Waals surface area (Å²) in [5, 5.41) is 23.5. The molecule has 1 amide bonds. The van der Waals surface area contributed by atoms with Crippen LogP contribution < -0.4 is 9.47 Å². The third-order valence-electron chi connectivity index (χ3n) is 10.1. The van der Waals surface area contributed by atoms with E-state index in [2.05, 4.69) is 9.64 Å². The van der Waals surface area contributed by atoms with Gasteiger partial charge in [-0.3, -0.25) is 9.69 Å². The number of hydrogen-bond acceptors (Lipinski definition) is 6. The number of amides is 1. The zero-order valence-electron chi connectivity index (χ0n) is 22.7. The summed E-state index contributed by atoms with van der Waals surface area (Å²) in [5.41, 5.74) is 0.666. The number of phenolic OH excluding ortho intramolecular Hbond substituents is 1. The van der Waals surface area contributed by atoms with Gasteiger partial charge in [0.1, 0.15) is 11.9 Å². The Balaban J connectivity index is 1.17. The van der Waals surface area contributed by atoms with Gasteiger partial charge >= 0.3 is 6.36 Å². The maximum Gasteiger partial charge on any atom is 0.573 e. The molecule has 3 unspecified atom stereocenters. The first-order valence-corrected chi connectivity index (χ1v) is 14.3. The lowest BCUT2D eigenvalue weighted by Gasteiger charge is -2.64. The van der Waals surface area contributed by atoms with Crippen molar-refractivity contribution in [3.63, 3.8) is 0 Å². The molecule has 2 N–H and O–H groups in total. The fourth-order valence-corrected chi connectivity index (χ4v) is 8.06. The third-order valence-corrected chi connectivity index (χ3v) is 10.1. The molecule has 2 saturated carbocycles. The van der Waals surface area contributed by atoms with Crippen molar-refractivity contribution in [1.29, 1.82) is 0 Å². The minimum atomic E-state index is -4.80. The van der Waals surface area contributed by atoms with E-state index in [1.165, 1.54) is 43.2 Å². The maximum atomic E-state index is 13.3. The van der Waals surface area contributed by atoms with Gasteiger partial charge < -0.3 is 24.6 Å². The molecule has 2 heterocycles. The largest absolute Gasteiger partial charge is 0.573 e. The second-order valence-corrected chi connectivity index (χ2v) is 12.4. The Labute approximate surface area is 236 Å². The van der Waals surface area contributed by atoms with Crippen molar-refractivity contribution >= 4 is 12.0 Å². The molecule has 5 aliphatic rings. The molecule has 2 bridgehead atoms. The Morgan fingerprint density at radius 3 is 2.83 bits per heavy atom. The summed E-state index contributed by atoms with van der Waals surface area (Å²) in [6.45, 7) is 1.81. The second kappa shape index (κ2) is 9.13. The minimum Gasteiger partial charge on any atom is -0.504 e. The van der Waals surface area contributed by atoms with E-state index in [1.54, 1.807) is 24.1 Å². The van der Waals surface area contributed by atoms with E-state index < -0.39 is 23.5 Å². The molecule has 218 valence electrons. The van der Waals surface area contributed by atoms with E-state index in [0.717, 1.165) is 30.6 Å². The SMILES string of the molecule is CN(C(=O)/C=C/c1cccc(OC(F)(F)F)c1)C1CC2Oc3c(O)ccc4c3[C@@]23CCN(CC2CC2)[C@H](C4)C3(O)C1. The van der Waals surface area contributed by atoms with Gasteiger partial charge in [-0.2, -0.15) is 0 Å². The van der Waals surface area contributed by atoms with Gasteiger partial charge in [0, 0.05) is 43.7 Å². The number of aliphatic hydroxyl groups is 1. The maximum absolute atomic E-state index is 13.3. The van der Waals surface area contributed by atoms with Gasteiger partial charge in [0.15, 0.2) is 11.5 Å². The van der Waals surface area contributed by atoms with Crippen molar-refractivity contribution in [3.8, 4) is 17.2 Å². The molecule has 0 aromatic heterocycles. The summed E-state index contributed by atoms with van der Waals surface area (Å²) >= 11 is 0. The number of likely N-dealkylation sites (tertiary alicyclic amines) is 1. The van der Waals surface area contributed by atoms with Crippen molar-refractivity contribution in [2.75, 3.05) is 20.1 Å². The zero-order valence-corrected chi connectivity index (χ0v) is 22.7. The monoisotopic (exact) mass is 570 g/mol. The molecule has 41 heavy (non-hydrogen) atoms. The van der Waals surface area contributed by atoms with Crippen molar-refractivity contribution in [1.82, 2.24) is 9.80 Å². The zero-order chi connectivity index (χ0) is 28.7. The molecule has 7 nitrogen and oxygen atoms in total. The molecular formula is C31H33F3N2O5. The number of phenols is 1. The van der Waals surface area contributed by atoms with Crippen LogP contribution in [0.3, 0.4) is 0 Å². The van der Waals surface area contributed by atoms with Gasteiger partial charge in [0.25, 0.3) is 0 Å². The van der Waals surface area contributed by atoms with Crippen molar-refractivity contribution < 1.29 is 37.7 Å². The van der Waals surface area contributed by atoms with Gasteiger partial charge in [-0.1, -0.05) is 18.2 Å². The number of benzene rings is 2. The second-order valence-electron chi connectivity index (χ2n) is 12.4. The number of halogens is 3. The lowest BCUT2D eigenvalue weighted by Crippen LogP contribution is -2.77. The number of hydrogen-bond donors (Lipinski definition) is 2. The van der Waals surface area contributed by atoms with Gasteiger partial charge in [-0.15, -0.1) is 13.2 Å². The van der Waals surface area contributed by atoms with Crippen LogP contribution in [0.5, 0.6) is 17.2 Å². The summed E-state index contributed by atoms with van der Waals surface area (Å²) in [5.74, 6) is 0.519. The smallest absolute Gasteiger partial charge is 0.504 e. The lowest BCUT2D eigenvalue weighted by atomic mass is 9.48. The fourth-order valence-electron chi connectivity index (χ4n) is 8.06. The summed E-state index contributed by atoms with van der Waals surface area (Å²) in [6.07, 6.45) is 2.27. The molecule has 5 atom stereocenters. The van der Waals surface area contributed by atoms with Crippen molar-refractivity contribution in [2.45, 2.75) is 74.1 Å². The Morgan fingerprint density at radius 1 is 1.27 bits per heavy atom. The molecule has 0 radical (unpaired) electrons. The number of carbonyl (C=O) groups is 1. The molecule has 10 heteroatoms. The Hall–Kier alpha value is -3.24. The van der Waals surface area contributed by atoms with Crippen LogP contribution in [0.15, 0.2) is 42.5 Å². The predicted octanol–water partition coefficient (Wildman–Crippen LogP) is 4.40. The summed E-state index contributed by atoms with van der Waals surface area (Å²) < 4.78 is 48.3. The van der Waals surface area contributed by atoms with Gasteiger partial charge in [0.2, 0.25) is 5.91 Å². The van der Waals surface area contributed by atoms with E-state index in [4.69, 9.17) is 4.74 Å². The number of piperidine rings is 1. The number of aromatic hydroxyl groups is 1. The molecule has 1 saturated heterocycles. The van der Waals surface area contributed by atoms with Gasteiger partial charge in [-0.05, 0) is 80.0 Å². The minimum absolute atomic E-state index is 0.0781. The van der Waals surface area contributed by atoms with E-state index >= 15 is 0 Å². The van der Waals surface area contributed by atoms with E-state index in [9.17, 15) is 28.2 Å². The lowest BCUT2D eigenvalue weighted by molar-refractivity contribution is -0.274. The first-order valence-electron chi connectivity index (χ1n) is 14.3. The number of alkyl halides is 3. The standard InChI is InChI=1S/C31H33F3N2O5/c1-35(26(38)10-7-18-3-2-4-22(13-18)41-31(32,33)34)21-15-25-29-11-12-36(17-19-5-6-19)24(30(29,39)16-21)14-20-8-9-23(37)28(40-25)27(20)29/h2-4,7-10,13,19,21,24-25,37,39H,5-6,11-12,14-17H2,1H3/b10-7+/t21?,24-,25?,29-,30?/m1/s1. The Kier molecular flexibility index (Phi) is 5.93. The number of rotatable bonds is 6. The highest BCUT2D eigenvalue weighted by molar-refractivity contribution is 5.92. The Bertz CT molecular complexity index is 1420. The summed E-state index contributed by atoms with van der Waals surface area (Å²) in [6, 6.07) is 8.63. The highest BCUT2D eigenvalue weighted by Crippen LogP contribution is 2.65. The van der Waals surface area contributed by atoms with Crippen LogP contribution in [0, 0.1) is 5.92 Å². The number of likely N-dealkylation sites (N-methyl/N-ethyl adjacent to an activating group) is 1. The van der Waals surface area contributed by atoms with Crippen molar-refractivity contribution in [3.05, 3.63) is 59.2 Å². The molecule has 3 aliphatic carbocycles. The third kappa shape index (κ3) is 4.21. The van der Waals surface area contributed by atoms with Crippen LogP contribution in [0.2, 0.25) is 0 Å². The highest BCUT2D eigenvalue weighted by Gasteiger charge is 2.72. The van der Waals surface area contributed by atoms with E-state index in [1.807, 2.05) is 6.07 Å². The predicted molar refractivity (Wildman–Crippen MR) is 144 cm³/mol. The summed E-state index contributed by atoms with van der Waals surface area (Å²) in [7, 11) is 1.69. The number of carbonyl (C=O) groups excluding carboxylic acids is 1. The molecule has 2 aromatic carbocycles. The first-order chi connectivity index (χ1) is 19.5. The van der Waals surface area contributed by atoms with Crippen LogP contribution in [0.25, 0.3) is 6.08 Å². The average Bonchev–Trinajstić information content (AvgIpc) is 3.66. The number of ether oxygens (including phenoxy) is 2. The molecule has 2 aromatic rings. The highest BCUT2D eigenvalue weighted by atomic mass is 19.4. The van der Waals surface area contributed by atoms with Crippen LogP contribution in [-0.2, 0) is 16.6 Å². The first kappa shape index (κ1) is 26.6. The molecule has 2 aliphatic heterocycles. The molecule has 7 rings (SSSR count). The summed E-state index contributed by atoms with van der Waals surface area (Å²) in [4.78, 5) is 17.4. The quantitative estimate of drug-likeness (QED) is 0.502. The van der Waals surface area contributed by atoms with E-state index in [0.29, 0.717) is 36.5 Å². The number of nitrogens with zero attached hydrogens (tertiary/aromatic N) is 2. The molecule has 3 fully saturated rings. The topological polar surface area (TPSA) is 82.5 Å². The van der Waals surface area contributed by atoms with Crippen molar-refractivity contribution in [2.24, 2.45) is 5.92 Å². The fraction of sp³-hybridized carbons (Fsp3) is 0.516.